The molecule has 3 fully saturated rings. The Bertz CT molecular complexity index is 1800. The lowest BCUT2D eigenvalue weighted by molar-refractivity contribution is -0.0539. The molecule has 254 valence electrons. The van der Waals surface area contributed by atoms with Gasteiger partial charge in [0.15, 0.2) is 17.7 Å². The van der Waals surface area contributed by atoms with Gasteiger partial charge < -0.3 is 46.3 Å². The second-order valence-corrected chi connectivity index (χ2v) is 16.7. The van der Waals surface area contributed by atoms with E-state index < -0.39 is 61.4 Å². The number of fused-ring (bicyclic) bond motifs is 4. The number of aromatic nitrogens is 5. The predicted molar refractivity (Wildman–Crippen MR) is 167 cm³/mol. The van der Waals surface area contributed by atoms with E-state index in [0.717, 1.165) is 10.8 Å². The second kappa shape index (κ2) is 14.3. The first-order chi connectivity index (χ1) is 22.5. The van der Waals surface area contributed by atoms with Crippen LogP contribution >= 0.6 is 13.4 Å². The van der Waals surface area contributed by atoms with E-state index in [0.29, 0.717) is 18.7 Å². The summed E-state index contributed by atoms with van der Waals surface area (Å²) in [4.78, 5) is 36.2. The lowest BCUT2D eigenvalue weighted by atomic mass is 10.1. The summed E-state index contributed by atoms with van der Waals surface area (Å²) in [6.07, 6.45) is 0.699. The van der Waals surface area contributed by atoms with Crippen LogP contribution in [0.3, 0.4) is 0 Å². The Hall–Kier alpha value is -2.30. The zero-order valence-electron chi connectivity index (χ0n) is 25.1. The van der Waals surface area contributed by atoms with Gasteiger partial charge in [-0.05, 0) is 30.0 Å². The molecule has 3 aromatic rings. The molecule has 0 aromatic carbocycles. The van der Waals surface area contributed by atoms with Gasteiger partial charge in [0.05, 0.1) is 44.7 Å². The van der Waals surface area contributed by atoms with Crippen molar-refractivity contribution < 1.29 is 46.1 Å². The third-order valence-electron chi connectivity index (χ3n) is 7.94. The van der Waals surface area contributed by atoms with Crippen LogP contribution < -0.4 is 10.3 Å². The van der Waals surface area contributed by atoms with Gasteiger partial charge in [0.25, 0.3) is 5.56 Å². The van der Waals surface area contributed by atoms with Crippen molar-refractivity contribution in [2.24, 2.45) is 13.0 Å². The van der Waals surface area contributed by atoms with Crippen molar-refractivity contribution in [3.63, 3.8) is 0 Å². The molecule has 1 aliphatic carbocycles. The van der Waals surface area contributed by atoms with Crippen LogP contribution in [-0.2, 0) is 62.8 Å². The lowest BCUT2D eigenvalue weighted by Crippen LogP contribution is -2.37. The maximum atomic E-state index is 15.2. The molecule has 6 rings (SSSR count). The Labute approximate surface area is 278 Å². The van der Waals surface area contributed by atoms with Crippen LogP contribution in [0.4, 0.5) is 4.39 Å². The Morgan fingerprint density at radius 1 is 1.21 bits per heavy atom. The van der Waals surface area contributed by atoms with Gasteiger partial charge in [-0.2, -0.15) is 5.26 Å². The fraction of sp³-hybridized carbons (Fsp3) is 0.577. The molecule has 2 saturated heterocycles. The third-order valence-corrected chi connectivity index (χ3v) is 11.9. The lowest BCUT2D eigenvalue weighted by Gasteiger charge is -2.31. The molecule has 5 heterocycles. The Morgan fingerprint density at radius 3 is 2.79 bits per heavy atom. The zero-order valence-corrected chi connectivity index (χ0v) is 28.5. The molecular formula is C26H31FN6O10P2S2. The number of aryl methyl sites for hydroxylation is 1. The van der Waals surface area contributed by atoms with Gasteiger partial charge in [0, 0.05) is 45.0 Å². The quantitative estimate of drug-likeness (QED) is 0.276. The van der Waals surface area contributed by atoms with Crippen LogP contribution in [0.15, 0.2) is 35.9 Å². The van der Waals surface area contributed by atoms with Crippen LogP contribution in [0.2, 0.25) is 0 Å². The first kappa shape index (κ1) is 34.6. The van der Waals surface area contributed by atoms with Crippen molar-refractivity contribution in [3.8, 4) is 11.9 Å². The summed E-state index contributed by atoms with van der Waals surface area (Å²) >= 11 is 11.3. The van der Waals surface area contributed by atoms with E-state index in [1.54, 1.807) is 12.3 Å². The molecule has 1 N–H and O–H groups in total. The number of nitriles is 1. The summed E-state index contributed by atoms with van der Waals surface area (Å²) in [5, 5.41) is 8.92. The van der Waals surface area contributed by atoms with Crippen LogP contribution in [0.25, 0.3) is 11.0 Å². The zero-order chi connectivity index (χ0) is 33.3. The molecule has 4 unspecified atom stereocenters. The molecule has 9 atom stereocenters. The molecule has 2 bridgehead atoms. The molecule has 3 aromatic heterocycles. The normalized spacial score (nSPS) is 34.6. The summed E-state index contributed by atoms with van der Waals surface area (Å²) in [5.74, 6) is -0.874. The number of hydrogen-bond donors (Lipinski definition) is 1. The van der Waals surface area contributed by atoms with Crippen LogP contribution in [-0.4, -0.2) is 86.4 Å². The van der Waals surface area contributed by atoms with E-state index >= 15 is 4.39 Å². The molecule has 0 spiro atoms. The highest BCUT2D eigenvalue weighted by Crippen LogP contribution is 2.57. The summed E-state index contributed by atoms with van der Waals surface area (Å²) in [5.41, 5.74) is -0.618. The van der Waals surface area contributed by atoms with E-state index in [2.05, 4.69) is 15.0 Å². The molecule has 3 aliphatic rings. The molecule has 16 nitrogen and oxygen atoms in total. The van der Waals surface area contributed by atoms with E-state index in [4.69, 9.17) is 60.4 Å². The Morgan fingerprint density at radius 2 is 2.04 bits per heavy atom. The van der Waals surface area contributed by atoms with Gasteiger partial charge in [0.1, 0.15) is 36.1 Å². The fourth-order valence-electron chi connectivity index (χ4n) is 5.80. The van der Waals surface area contributed by atoms with Gasteiger partial charge in [-0.25, -0.2) is 19.3 Å². The first-order valence-electron chi connectivity index (χ1n) is 14.4. The third kappa shape index (κ3) is 7.49. The average Bonchev–Trinajstić information content (AvgIpc) is 3.69. The minimum absolute atomic E-state index is 0.00197. The largest absolute Gasteiger partial charge is 0.474 e. The standard InChI is InChI=1S/C26H31FN6O10P2S2/c1-32-14-31-24-21(25(32)34)17(27)10-33(24)26-23-22(36-2)19(41-26)12-38-44(35,46)42-18-9-16(40-20-4-6-29-13-30-20)8-15(18)11-39-45(47,43-23)37-7-3-5-28/h4,6,10,13-16,18-19,22-23,26H,3,7-9,11-12H2,1-2H3,(H,35,46)/t15?,16-,18+,19?,22-,23-,26-,44?,45?/m1/s1. The monoisotopic (exact) mass is 732 g/mol. The van der Waals surface area contributed by atoms with Crippen molar-refractivity contribution >= 4 is 48.1 Å². The molecule has 0 amide bonds. The number of hydrogen-bond acceptors (Lipinski definition) is 15. The van der Waals surface area contributed by atoms with Gasteiger partial charge in [-0.15, -0.1) is 0 Å². The SMILES string of the molecule is CO[C@@H]1C2COP(O)(=S)O[C@H]3C[C@H](Oc4ccncn4)CC3COP(=S)(OCCC#N)O[C@H]1[C@H](n1cc(F)c3c(=O)n(C)cnc31)O2. The summed E-state index contributed by atoms with van der Waals surface area (Å²) in [6.45, 7) is -8.06. The van der Waals surface area contributed by atoms with E-state index in [1.807, 2.05) is 6.07 Å². The van der Waals surface area contributed by atoms with Gasteiger partial charge >= 0.3 is 13.4 Å². The smallest absolute Gasteiger partial charge is 0.327 e. The van der Waals surface area contributed by atoms with E-state index in [-0.39, 0.29) is 43.4 Å². The molecule has 1 saturated carbocycles. The van der Waals surface area contributed by atoms with E-state index in [1.165, 1.54) is 31.4 Å². The molecule has 21 heteroatoms. The summed E-state index contributed by atoms with van der Waals surface area (Å²) in [7, 11) is 2.85. The number of halogens is 1. The van der Waals surface area contributed by atoms with Crippen molar-refractivity contribution in [2.45, 2.75) is 56.0 Å². The highest BCUT2D eigenvalue weighted by Gasteiger charge is 2.52. The highest BCUT2D eigenvalue weighted by molar-refractivity contribution is 8.07. The van der Waals surface area contributed by atoms with Gasteiger partial charge in [0.2, 0.25) is 5.88 Å². The number of rotatable bonds is 7. The predicted octanol–water partition coefficient (Wildman–Crippen LogP) is 2.62. The van der Waals surface area contributed by atoms with Crippen molar-refractivity contribution in [1.29, 1.82) is 5.26 Å². The minimum atomic E-state index is -3.88. The Kier molecular flexibility index (Phi) is 10.5. The number of nitrogens with zero attached hydrogens (tertiary/aromatic N) is 6. The van der Waals surface area contributed by atoms with Crippen molar-refractivity contribution in [1.82, 2.24) is 24.1 Å². The second-order valence-electron chi connectivity index (χ2n) is 11.0. The Balaban J connectivity index is 1.35. The topological polar surface area (TPSA) is 183 Å². The number of ether oxygens (including phenoxy) is 3. The van der Waals surface area contributed by atoms with Crippen molar-refractivity contribution in [3.05, 3.63) is 47.3 Å². The minimum Gasteiger partial charge on any atom is -0.474 e. The van der Waals surface area contributed by atoms with Crippen molar-refractivity contribution in [2.75, 3.05) is 26.9 Å². The van der Waals surface area contributed by atoms with Gasteiger partial charge in [-0.1, -0.05) is 0 Å². The molecule has 2 aliphatic heterocycles. The summed E-state index contributed by atoms with van der Waals surface area (Å²) in [6, 6.07) is 3.62. The molecular weight excluding hydrogens is 701 g/mol. The first-order valence-corrected chi connectivity index (χ1v) is 19.6. The fourth-order valence-corrected chi connectivity index (χ4v) is 9.43. The molecule has 0 radical (unpaired) electrons. The molecule has 47 heavy (non-hydrogen) atoms. The van der Waals surface area contributed by atoms with Gasteiger partial charge in [-0.3, -0.25) is 9.32 Å². The maximum Gasteiger partial charge on any atom is 0.327 e. The maximum absolute atomic E-state index is 15.2. The summed E-state index contributed by atoms with van der Waals surface area (Å²) < 4.78 is 66.1. The van der Waals surface area contributed by atoms with E-state index in [9.17, 15) is 14.9 Å². The number of methoxy groups -OCH3 is 1. The highest BCUT2D eigenvalue weighted by atomic mass is 32.5. The van der Waals surface area contributed by atoms with Crippen LogP contribution in [0.1, 0.15) is 25.5 Å². The van der Waals surface area contributed by atoms with Crippen LogP contribution in [0.5, 0.6) is 5.88 Å². The average molecular weight is 733 g/mol. The van der Waals surface area contributed by atoms with Crippen LogP contribution in [0, 0.1) is 23.1 Å².